The summed E-state index contributed by atoms with van der Waals surface area (Å²) in [7, 11) is 3.33. The molecule has 5 nitrogen and oxygen atoms in total. The van der Waals surface area contributed by atoms with Gasteiger partial charge < -0.3 is 19.7 Å². The van der Waals surface area contributed by atoms with Gasteiger partial charge in [0.05, 0.1) is 26.3 Å². The summed E-state index contributed by atoms with van der Waals surface area (Å²) in [6.45, 7) is 5.49. The number of hydrogen-bond donors (Lipinski definition) is 2. The van der Waals surface area contributed by atoms with Crippen LogP contribution in [-0.2, 0) is 4.79 Å². The van der Waals surface area contributed by atoms with Crippen molar-refractivity contribution in [2.24, 2.45) is 0 Å². The van der Waals surface area contributed by atoms with Crippen molar-refractivity contribution in [3.8, 4) is 11.5 Å². The van der Waals surface area contributed by atoms with Gasteiger partial charge in [0, 0.05) is 24.6 Å². The summed E-state index contributed by atoms with van der Waals surface area (Å²) < 4.78 is 10.9. The van der Waals surface area contributed by atoms with Gasteiger partial charge in [0.1, 0.15) is 17.5 Å². The van der Waals surface area contributed by atoms with E-state index in [1.807, 2.05) is 38.1 Å². The zero-order valence-corrected chi connectivity index (χ0v) is 16.6. The Morgan fingerprint density at radius 2 is 1.96 bits per heavy atom. The third kappa shape index (κ3) is 4.42. The summed E-state index contributed by atoms with van der Waals surface area (Å²) in [5.41, 5.74) is 4.27. The Hall–Kier alpha value is -2.53. The van der Waals surface area contributed by atoms with Gasteiger partial charge >= 0.3 is 0 Å². The van der Waals surface area contributed by atoms with Crippen molar-refractivity contribution >= 4 is 11.6 Å². The van der Waals surface area contributed by atoms with E-state index in [0.29, 0.717) is 6.54 Å². The van der Waals surface area contributed by atoms with Gasteiger partial charge in [-0.1, -0.05) is 12.1 Å². The largest absolute Gasteiger partial charge is 0.497 e. The van der Waals surface area contributed by atoms with Crippen LogP contribution in [0.25, 0.3) is 0 Å². The van der Waals surface area contributed by atoms with Crippen LogP contribution in [0.5, 0.6) is 11.5 Å². The molecule has 0 aliphatic carbocycles. The van der Waals surface area contributed by atoms with Gasteiger partial charge in [0.2, 0.25) is 0 Å². The molecule has 0 radical (unpaired) electrons. The summed E-state index contributed by atoms with van der Waals surface area (Å²) in [4.78, 5) is 14.0. The maximum absolute atomic E-state index is 12.7. The monoisotopic (exact) mass is 369 g/mol. The van der Waals surface area contributed by atoms with Crippen molar-refractivity contribution in [1.29, 1.82) is 0 Å². The van der Waals surface area contributed by atoms with Gasteiger partial charge in [0.25, 0.3) is 5.91 Å². The number of amides is 1. The van der Waals surface area contributed by atoms with Crippen LogP contribution in [0, 0.1) is 13.8 Å². The van der Waals surface area contributed by atoms with Crippen LogP contribution < -0.4 is 19.7 Å². The minimum absolute atomic E-state index is 0.0538. The van der Waals surface area contributed by atoms with Gasteiger partial charge in [-0.15, -0.1) is 0 Å². The molecule has 1 fully saturated rings. The highest BCUT2D eigenvalue weighted by Crippen LogP contribution is 2.31. The number of ether oxygens (including phenoxy) is 2. The van der Waals surface area contributed by atoms with Crippen LogP contribution >= 0.6 is 0 Å². The number of rotatable bonds is 6. The third-order valence-electron chi connectivity index (χ3n) is 5.35. The molecule has 144 valence electrons. The Morgan fingerprint density at radius 1 is 1.15 bits per heavy atom. The maximum atomic E-state index is 12.7. The van der Waals surface area contributed by atoms with E-state index in [9.17, 15) is 4.79 Å². The molecule has 2 aromatic carbocycles. The first-order valence-corrected chi connectivity index (χ1v) is 9.45. The first-order valence-electron chi connectivity index (χ1n) is 9.45. The number of hydrogen-bond acceptors (Lipinski definition) is 3. The first kappa shape index (κ1) is 19.2. The summed E-state index contributed by atoms with van der Waals surface area (Å²) in [5.74, 6) is 1.66. The molecule has 0 saturated carbocycles. The molecule has 1 aliphatic heterocycles. The fourth-order valence-electron chi connectivity index (χ4n) is 3.88. The number of quaternary nitrogens is 1. The lowest BCUT2D eigenvalue weighted by atomic mass is 10.0. The van der Waals surface area contributed by atoms with E-state index in [4.69, 9.17) is 9.47 Å². The lowest BCUT2D eigenvalue weighted by Crippen LogP contribution is -3.11. The van der Waals surface area contributed by atoms with Gasteiger partial charge in [-0.25, -0.2) is 0 Å². The highest BCUT2D eigenvalue weighted by atomic mass is 16.5. The molecular weight excluding hydrogens is 340 g/mol. The van der Waals surface area contributed by atoms with E-state index in [-0.39, 0.29) is 11.9 Å². The van der Waals surface area contributed by atoms with Crippen LogP contribution in [0.3, 0.4) is 0 Å². The quantitative estimate of drug-likeness (QED) is 0.823. The number of benzene rings is 2. The fourth-order valence-corrected chi connectivity index (χ4v) is 3.88. The van der Waals surface area contributed by atoms with Crippen molar-refractivity contribution in [3.05, 3.63) is 53.1 Å². The number of anilines is 1. The zero-order valence-electron chi connectivity index (χ0n) is 16.6. The van der Waals surface area contributed by atoms with E-state index < -0.39 is 0 Å². The van der Waals surface area contributed by atoms with Crippen LogP contribution in [0.1, 0.15) is 35.6 Å². The Bertz CT molecular complexity index is 819. The van der Waals surface area contributed by atoms with Crippen LogP contribution in [0.2, 0.25) is 0 Å². The average molecular weight is 369 g/mol. The lowest BCUT2D eigenvalue weighted by Gasteiger charge is -2.23. The standard InChI is InChI=1S/C22H28N2O3/c1-15-7-8-16(2)19(12-15)23-22(25)14-24-11-5-6-20(24)18-10-9-17(26-3)13-21(18)27-4/h7-10,12-13,20H,5-6,11,14H2,1-4H3,(H,23,25)/p+1/t20-/m1/s1. The van der Waals surface area contributed by atoms with Crippen LogP contribution in [0.15, 0.2) is 36.4 Å². The molecule has 1 heterocycles. The zero-order chi connectivity index (χ0) is 19.4. The smallest absolute Gasteiger partial charge is 0.279 e. The SMILES string of the molecule is COc1ccc([C@H]2CCC[NH+]2CC(=O)Nc2cc(C)ccc2C)c(OC)c1. The van der Waals surface area contributed by atoms with Crippen molar-refractivity contribution in [2.45, 2.75) is 32.7 Å². The minimum atomic E-state index is 0.0538. The predicted molar refractivity (Wildman–Crippen MR) is 107 cm³/mol. The molecule has 0 bridgehead atoms. The molecule has 2 aromatic rings. The molecule has 1 saturated heterocycles. The summed E-state index contributed by atoms with van der Waals surface area (Å²) in [6.07, 6.45) is 2.15. The summed E-state index contributed by atoms with van der Waals surface area (Å²) >= 11 is 0. The van der Waals surface area contributed by atoms with E-state index in [0.717, 1.165) is 53.3 Å². The second-order valence-corrected chi connectivity index (χ2v) is 7.25. The second-order valence-electron chi connectivity index (χ2n) is 7.25. The van der Waals surface area contributed by atoms with Gasteiger partial charge in [-0.2, -0.15) is 0 Å². The number of nitrogens with one attached hydrogen (secondary N) is 2. The molecule has 1 unspecified atom stereocenters. The van der Waals surface area contributed by atoms with Gasteiger partial charge in [0.15, 0.2) is 6.54 Å². The van der Waals surface area contributed by atoms with Crippen molar-refractivity contribution < 1.29 is 19.2 Å². The second kappa shape index (κ2) is 8.44. The fraction of sp³-hybridized carbons (Fsp3) is 0.409. The Morgan fingerprint density at radius 3 is 2.70 bits per heavy atom. The highest BCUT2D eigenvalue weighted by Gasteiger charge is 2.33. The van der Waals surface area contributed by atoms with Crippen LogP contribution in [-0.4, -0.2) is 33.2 Å². The van der Waals surface area contributed by atoms with Crippen LogP contribution in [0.4, 0.5) is 5.69 Å². The molecule has 5 heteroatoms. The molecule has 3 rings (SSSR count). The Kier molecular flexibility index (Phi) is 6.01. The molecule has 2 N–H and O–H groups in total. The number of likely N-dealkylation sites (tertiary alicyclic amines) is 1. The number of carbonyl (C=O) groups is 1. The third-order valence-corrected chi connectivity index (χ3v) is 5.35. The first-order chi connectivity index (χ1) is 13.0. The summed E-state index contributed by atoms with van der Waals surface area (Å²) in [5, 5.41) is 3.09. The van der Waals surface area contributed by atoms with E-state index >= 15 is 0 Å². The number of aryl methyl sites for hydroxylation is 2. The van der Waals surface area contributed by atoms with Crippen molar-refractivity contribution in [1.82, 2.24) is 0 Å². The molecular formula is C22H29N2O3+. The summed E-state index contributed by atoms with van der Waals surface area (Å²) in [6, 6.07) is 12.3. The molecule has 2 atom stereocenters. The molecule has 0 spiro atoms. The number of carbonyl (C=O) groups excluding carboxylic acids is 1. The number of methoxy groups -OCH3 is 2. The Balaban J connectivity index is 1.73. The van der Waals surface area contributed by atoms with E-state index in [1.54, 1.807) is 14.2 Å². The minimum Gasteiger partial charge on any atom is -0.497 e. The Labute approximate surface area is 161 Å². The molecule has 0 aromatic heterocycles. The molecule has 27 heavy (non-hydrogen) atoms. The highest BCUT2D eigenvalue weighted by molar-refractivity contribution is 5.92. The van der Waals surface area contributed by atoms with Gasteiger partial charge in [-0.3, -0.25) is 4.79 Å². The maximum Gasteiger partial charge on any atom is 0.279 e. The average Bonchev–Trinajstić information content (AvgIpc) is 3.11. The molecule has 1 amide bonds. The van der Waals surface area contributed by atoms with E-state index in [1.165, 1.54) is 4.90 Å². The lowest BCUT2D eigenvalue weighted by molar-refractivity contribution is -0.910. The molecule has 1 aliphatic rings. The van der Waals surface area contributed by atoms with Crippen molar-refractivity contribution in [2.75, 3.05) is 32.6 Å². The van der Waals surface area contributed by atoms with E-state index in [2.05, 4.69) is 17.4 Å². The normalized spacial score (nSPS) is 19.0. The van der Waals surface area contributed by atoms with Crippen molar-refractivity contribution in [3.63, 3.8) is 0 Å². The topological polar surface area (TPSA) is 52.0 Å². The van der Waals surface area contributed by atoms with Gasteiger partial charge in [-0.05, 0) is 43.2 Å². The predicted octanol–water partition coefficient (Wildman–Crippen LogP) is 2.68.